The van der Waals surface area contributed by atoms with E-state index in [1.54, 1.807) is 12.4 Å². The lowest BCUT2D eigenvalue weighted by Gasteiger charge is -2.37. The molecule has 176 valence electrons. The van der Waals surface area contributed by atoms with Crippen LogP contribution in [0.25, 0.3) is 11.6 Å². The van der Waals surface area contributed by atoms with Gasteiger partial charge in [-0.2, -0.15) is 4.98 Å². The summed E-state index contributed by atoms with van der Waals surface area (Å²) in [5, 5.41) is 10.4. The maximum absolute atomic E-state index is 10.4. The molecule has 2 aromatic rings. The van der Waals surface area contributed by atoms with E-state index in [2.05, 4.69) is 29.7 Å². The van der Waals surface area contributed by atoms with E-state index in [1.807, 2.05) is 18.2 Å². The third-order valence-electron chi connectivity index (χ3n) is 6.34. The van der Waals surface area contributed by atoms with Gasteiger partial charge in [-0.1, -0.05) is 19.3 Å². The van der Waals surface area contributed by atoms with E-state index in [1.165, 1.54) is 38.6 Å². The second kappa shape index (κ2) is 11.9. The van der Waals surface area contributed by atoms with Crippen molar-refractivity contribution in [3.8, 4) is 5.88 Å². The predicted octanol–water partition coefficient (Wildman–Crippen LogP) is 4.73. The zero-order chi connectivity index (χ0) is 19.6. The Morgan fingerprint density at radius 2 is 1.81 bits per heavy atom. The topological polar surface area (TPSA) is 80.6 Å². The normalized spacial score (nSPS) is 19.8. The van der Waals surface area contributed by atoms with Gasteiger partial charge in [0.25, 0.3) is 0 Å². The van der Waals surface area contributed by atoms with Crippen molar-refractivity contribution >= 4 is 66.9 Å². The Labute approximate surface area is 207 Å². The van der Waals surface area contributed by atoms with Gasteiger partial charge < -0.3 is 15.0 Å². The van der Waals surface area contributed by atoms with E-state index in [9.17, 15) is 5.11 Å². The predicted molar refractivity (Wildman–Crippen MR) is 137 cm³/mol. The van der Waals surface area contributed by atoms with Crippen LogP contribution in [0.15, 0.2) is 23.3 Å². The van der Waals surface area contributed by atoms with Crippen LogP contribution in [-0.4, -0.2) is 63.9 Å². The average molecular weight is 502 g/mol. The minimum atomic E-state index is 0. The van der Waals surface area contributed by atoms with Gasteiger partial charge in [0, 0.05) is 56.3 Å². The number of hydrogen-bond acceptors (Lipinski definition) is 6. The number of aliphatic imine (C=N–C) groups is 1. The molecule has 0 unspecified atom stereocenters. The van der Waals surface area contributed by atoms with Crippen LogP contribution >= 0.6 is 37.2 Å². The molecule has 2 aromatic heterocycles. The fourth-order valence-electron chi connectivity index (χ4n) is 4.69. The molecule has 32 heavy (non-hydrogen) atoms. The van der Waals surface area contributed by atoms with E-state index in [0.29, 0.717) is 11.5 Å². The Balaban J connectivity index is 0.00000121. The number of aromatic nitrogens is 3. The van der Waals surface area contributed by atoms with Gasteiger partial charge in [0.2, 0.25) is 11.8 Å². The van der Waals surface area contributed by atoms with Crippen molar-refractivity contribution in [2.45, 2.75) is 32.1 Å². The molecule has 0 aromatic carbocycles. The number of aromatic amines is 1. The molecule has 1 saturated carbocycles. The number of fused-ring (bicyclic) bond motifs is 1. The van der Waals surface area contributed by atoms with Gasteiger partial charge in [-0.15, -0.1) is 37.2 Å². The van der Waals surface area contributed by atoms with Crippen LogP contribution in [0.4, 0.5) is 11.8 Å². The van der Waals surface area contributed by atoms with Gasteiger partial charge in [0.15, 0.2) is 5.82 Å². The largest absolute Gasteiger partial charge is 0.492 e. The number of nitrogens with zero attached hydrogens (tertiary/aromatic N) is 5. The highest BCUT2D eigenvalue weighted by Gasteiger charge is 2.24. The molecule has 1 saturated heterocycles. The van der Waals surface area contributed by atoms with Crippen LogP contribution in [0.5, 0.6) is 5.88 Å². The molecule has 0 bridgehead atoms. The summed E-state index contributed by atoms with van der Waals surface area (Å²) in [6.45, 7) is 5.22. The summed E-state index contributed by atoms with van der Waals surface area (Å²) in [5.41, 5.74) is 2.51. The number of anilines is 1. The van der Waals surface area contributed by atoms with Crippen LogP contribution in [0.1, 0.15) is 43.4 Å². The van der Waals surface area contributed by atoms with Crippen molar-refractivity contribution in [2.24, 2.45) is 10.9 Å². The maximum Gasteiger partial charge on any atom is 0.238 e. The number of aromatic hydroxyl groups is 1. The first-order valence-corrected chi connectivity index (χ1v) is 10.7. The molecular formula is C22H31Cl3N6O. The van der Waals surface area contributed by atoms with Crippen LogP contribution in [0.2, 0.25) is 0 Å². The van der Waals surface area contributed by atoms with E-state index in [4.69, 9.17) is 0 Å². The number of hydrogen-bond donors (Lipinski definition) is 2. The third kappa shape index (κ3) is 5.76. The third-order valence-corrected chi connectivity index (χ3v) is 6.34. The molecule has 10 heteroatoms. The average Bonchev–Trinajstić information content (AvgIpc) is 3.33. The zero-order valence-corrected chi connectivity index (χ0v) is 20.4. The summed E-state index contributed by atoms with van der Waals surface area (Å²) in [6, 6.07) is 3.88. The molecule has 3 aliphatic rings. The smallest absolute Gasteiger partial charge is 0.238 e. The fraction of sp³-hybridized carbons (Fsp3) is 0.500. The second-order valence-electron chi connectivity index (χ2n) is 8.32. The monoisotopic (exact) mass is 500 g/mol. The summed E-state index contributed by atoms with van der Waals surface area (Å²) in [7, 11) is 0. The molecule has 0 radical (unpaired) electrons. The molecule has 0 spiro atoms. The summed E-state index contributed by atoms with van der Waals surface area (Å²) < 4.78 is 0. The van der Waals surface area contributed by atoms with Crippen molar-refractivity contribution < 1.29 is 5.11 Å². The number of imidazole rings is 1. The van der Waals surface area contributed by atoms with Crippen molar-refractivity contribution in [1.82, 2.24) is 19.9 Å². The molecule has 2 N–H and O–H groups in total. The van der Waals surface area contributed by atoms with Crippen LogP contribution < -0.4 is 4.90 Å². The van der Waals surface area contributed by atoms with Crippen LogP contribution in [0.3, 0.4) is 0 Å². The molecular weight excluding hydrogens is 471 g/mol. The standard InChI is InChI=1S/C22H28N6O.3ClH/c29-21-19(13-17-14-24-20-18(17)7-4-8-23-20)25-22(26-21)28-11-9-27(10-12-28)15-16-5-2-1-3-6-16;;;/h4,7-8,13-14,16,29H,1-3,5-6,9-12,15H2,(H,25,26);3*1H. The summed E-state index contributed by atoms with van der Waals surface area (Å²) >= 11 is 0. The maximum atomic E-state index is 10.4. The van der Waals surface area contributed by atoms with Crippen molar-refractivity contribution in [3.05, 3.63) is 29.6 Å². The van der Waals surface area contributed by atoms with E-state index >= 15 is 0 Å². The molecule has 5 rings (SSSR count). The first-order valence-electron chi connectivity index (χ1n) is 10.7. The number of H-pyrrole nitrogens is 1. The Hall–Kier alpha value is -1.80. The zero-order valence-electron chi connectivity index (χ0n) is 17.9. The number of piperazine rings is 1. The highest BCUT2D eigenvalue weighted by atomic mass is 35.5. The first kappa shape index (κ1) is 26.5. The Morgan fingerprint density at radius 1 is 1.06 bits per heavy atom. The quantitative estimate of drug-likeness (QED) is 0.633. The Bertz CT molecular complexity index is 933. The minimum absolute atomic E-state index is 0. The number of rotatable bonds is 4. The number of pyridine rings is 1. The van der Waals surface area contributed by atoms with Crippen molar-refractivity contribution in [1.29, 1.82) is 0 Å². The summed E-state index contributed by atoms with van der Waals surface area (Å²) in [4.78, 5) is 21.1. The highest BCUT2D eigenvalue weighted by molar-refractivity contribution is 6.20. The molecule has 2 aliphatic heterocycles. The molecule has 4 heterocycles. The van der Waals surface area contributed by atoms with Gasteiger partial charge in [-0.05, 0) is 37.0 Å². The SMILES string of the molecule is Cl.Cl.Cl.Oc1nc(N2CCN(CC3CCCCC3)CC2)[nH]c1C=C1C=Nc2ncccc21. The summed E-state index contributed by atoms with van der Waals surface area (Å²) in [6.07, 6.45) is 12.4. The molecule has 0 amide bonds. The fourth-order valence-corrected chi connectivity index (χ4v) is 4.69. The minimum Gasteiger partial charge on any atom is -0.492 e. The Morgan fingerprint density at radius 3 is 2.56 bits per heavy atom. The van der Waals surface area contributed by atoms with Crippen LogP contribution in [-0.2, 0) is 0 Å². The lowest BCUT2D eigenvalue weighted by molar-refractivity contribution is 0.191. The van der Waals surface area contributed by atoms with Gasteiger partial charge in [0.1, 0.15) is 5.69 Å². The number of nitrogens with one attached hydrogen (secondary N) is 1. The lowest BCUT2D eigenvalue weighted by Crippen LogP contribution is -2.48. The number of allylic oxidation sites excluding steroid dienone is 1. The molecule has 7 nitrogen and oxygen atoms in total. The molecule has 2 fully saturated rings. The van der Waals surface area contributed by atoms with E-state index in [0.717, 1.165) is 49.2 Å². The van der Waals surface area contributed by atoms with Gasteiger partial charge in [-0.25, -0.2) is 9.98 Å². The second-order valence-corrected chi connectivity index (χ2v) is 8.32. The first-order chi connectivity index (χ1) is 14.3. The Kier molecular flexibility index (Phi) is 9.83. The van der Waals surface area contributed by atoms with Gasteiger partial charge in [0.05, 0.1) is 0 Å². The van der Waals surface area contributed by atoms with E-state index in [-0.39, 0.29) is 43.1 Å². The van der Waals surface area contributed by atoms with Crippen molar-refractivity contribution in [2.75, 3.05) is 37.6 Å². The molecule has 0 atom stereocenters. The van der Waals surface area contributed by atoms with Gasteiger partial charge >= 0.3 is 0 Å². The van der Waals surface area contributed by atoms with E-state index < -0.39 is 0 Å². The lowest BCUT2D eigenvalue weighted by atomic mass is 9.89. The highest BCUT2D eigenvalue weighted by Crippen LogP contribution is 2.32. The van der Waals surface area contributed by atoms with Crippen molar-refractivity contribution in [3.63, 3.8) is 0 Å². The van der Waals surface area contributed by atoms with Crippen LogP contribution in [0, 0.1) is 5.92 Å². The number of halogens is 3. The van der Waals surface area contributed by atoms with Gasteiger partial charge in [-0.3, -0.25) is 4.90 Å². The summed E-state index contributed by atoms with van der Waals surface area (Å²) in [5.74, 6) is 2.37. The molecule has 1 aliphatic carbocycles.